The summed E-state index contributed by atoms with van der Waals surface area (Å²) < 4.78 is 5.43. The van der Waals surface area contributed by atoms with Crippen LogP contribution >= 0.6 is 11.3 Å². The summed E-state index contributed by atoms with van der Waals surface area (Å²) in [4.78, 5) is 15.8. The van der Waals surface area contributed by atoms with Crippen molar-refractivity contribution in [3.63, 3.8) is 0 Å². The maximum Gasteiger partial charge on any atom is 0.365 e. The molecule has 3 rings (SSSR count). The number of aromatic carboxylic acids is 1. The van der Waals surface area contributed by atoms with E-state index in [4.69, 9.17) is 9.84 Å². The van der Waals surface area contributed by atoms with Gasteiger partial charge in [-0.3, -0.25) is 0 Å². The second kappa shape index (κ2) is 3.71. The third kappa shape index (κ3) is 1.60. The predicted molar refractivity (Wildman–Crippen MR) is 64.2 cm³/mol. The van der Waals surface area contributed by atoms with Gasteiger partial charge in [0.15, 0.2) is 0 Å². The Bertz CT molecular complexity index is 630. The molecule has 0 aliphatic carbocycles. The molecule has 0 spiro atoms. The molecule has 2 aromatic rings. The number of para-hydroxylation sites is 1. The van der Waals surface area contributed by atoms with Crippen molar-refractivity contribution in [1.29, 1.82) is 0 Å². The third-order valence-corrected chi connectivity index (χ3v) is 3.40. The maximum absolute atomic E-state index is 10.9. The third-order valence-electron chi connectivity index (χ3n) is 2.39. The summed E-state index contributed by atoms with van der Waals surface area (Å²) in [5.41, 5.74) is 1.48. The molecule has 1 aliphatic heterocycles. The molecule has 4 nitrogen and oxygen atoms in total. The number of hydrogen-bond donors (Lipinski definition) is 1. The highest BCUT2D eigenvalue weighted by Crippen LogP contribution is 2.37. The lowest BCUT2D eigenvalue weighted by molar-refractivity contribution is 0.0696. The highest BCUT2D eigenvalue weighted by atomic mass is 32.1. The van der Waals surface area contributed by atoms with E-state index in [0.29, 0.717) is 11.4 Å². The summed E-state index contributed by atoms with van der Waals surface area (Å²) in [7, 11) is 0. The molecule has 0 fully saturated rings. The summed E-state index contributed by atoms with van der Waals surface area (Å²) in [5.74, 6) is -0.320. The van der Waals surface area contributed by atoms with Crippen LogP contribution in [-0.4, -0.2) is 16.1 Å². The highest BCUT2D eigenvalue weighted by Gasteiger charge is 2.19. The molecule has 0 atom stereocenters. The van der Waals surface area contributed by atoms with Crippen molar-refractivity contribution in [2.45, 2.75) is 0 Å². The molecular weight excluding hydrogens is 238 g/mol. The summed E-state index contributed by atoms with van der Waals surface area (Å²) in [6.07, 6.45) is 3.29. The molecule has 5 heteroatoms. The molecule has 0 saturated heterocycles. The van der Waals surface area contributed by atoms with Crippen LogP contribution in [0.1, 0.15) is 14.7 Å². The van der Waals surface area contributed by atoms with Gasteiger partial charge in [-0.05, 0) is 18.2 Å². The first kappa shape index (κ1) is 10.0. The standard InChI is InChI=1S/C12H7NO3S/c14-12(15)11-13-10-7-3-1-2-4-8(7)16-6-5-9(10)17-11/h1-6H,(H,14,15). The van der Waals surface area contributed by atoms with E-state index in [9.17, 15) is 4.79 Å². The lowest BCUT2D eigenvalue weighted by atomic mass is 10.1. The molecular formula is C12H7NO3S. The summed E-state index contributed by atoms with van der Waals surface area (Å²) in [5, 5.41) is 9.04. The molecule has 0 radical (unpaired) electrons. The maximum atomic E-state index is 10.9. The van der Waals surface area contributed by atoms with Gasteiger partial charge in [-0.25, -0.2) is 9.78 Å². The number of hydrogen-bond acceptors (Lipinski definition) is 4. The van der Waals surface area contributed by atoms with Gasteiger partial charge in [-0.15, -0.1) is 11.3 Å². The van der Waals surface area contributed by atoms with Gasteiger partial charge in [0.25, 0.3) is 0 Å². The van der Waals surface area contributed by atoms with Gasteiger partial charge in [-0.1, -0.05) is 12.1 Å². The van der Waals surface area contributed by atoms with Crippen LogP contribution in [0, 0.1) is 0 Å². The number of ether oxygens (including phenoxy) is 1. The first-order chi connectivity index (χ1) is 8.25. The molecule has 1 aromatic carbocycles. The average molecular weight is 245 g/mol. The molecule has 0 amide bonds. The summed E-state index contributed by atoms with van der Waals surface area (Å²) >= 11 is 1.14. The topological polar surface area (TPSA) is 59.4 Å². The van der Waals surface area contributed by atoms with Gasteiger partial charge in [0.05, 0.1) is 16.8 Å². The Labute approximate surface area is 101 Å². The number of benzene rings is 1. The Hall–Kier alpha value is -2.14. The number of carbonyl (C=O) groups is 1. The van der Waals surface area contributed by atoms with Crippen LogP contribution < -0.4 is 4.74 Å². The number of nitrogens with zero attached hydrogens (tertiary/aromatic N) is 1. The van der Waals surface area contributed by atoms with Crippen LogP contribution in [0.3, 0.4) is 0 Å². The van der Waals surface area contributed by atoms with Gasteiger partial charge < -0.3 is 9.84 Å². The number of thiazole rings is 1. The van der Waals surface area contributed by atoms with Crippen molar-refractivity contribution < 1.29 is 14.6 Å². The Kier molecular flexibility index (Phi) is 2.19. The van der Waals surface area contributed by atoms with Crippen molar-refractivity contribution >= 4 is 23.4 Å². The number of rotatable bonds is 1. The Morgan fingerprint density at radius 3 is 3.00 bits per heavy atom. The minimum Gasteiger partial charge on any atom is -0.476 e. The molecule has 1 aliphatic rings. The van der Waals surface area contributed by atoms with Crippen LogP contribution in [-0.2, 0) is 0 Å². The minimum atomic E-state index is -1.00. The molecule has 2 heterocycles. The highest BCUT2D eigenvalue weighted by molar-refractivity contribution is 7.14. The van der Waals surface area contributed by atoms with Crippen LogP contribution in [0.5, 0.6) is 5.75 Å². The van der Waals surface area contributed by atoms with Crippen molar-refractivity contribution in [1.82, 2.24) is 4.98 Å². The number of fused-ring (bicyclic) bond motifs is 3. The average Bonchev–Trinajstić information content (AvgIpc) is 2.67. The Morgan fingerprint density at radius 2 is 2.18 bits per heavy atom. The van der Waals surface area contributed by atoms with E-state index in [2.05, 4.69) is 4.98 Å². The van der Waals surface area contributed by atoms with E-state index in [-0.39, 0.29) is 5.01 Å². The number of carboxylic acid groups (broad SMARTS) is 1. The van der Waals surface area contributed by atoms with Crippen LogP contribution in [0.25, 0.3) is 17.3 Å². The second-order valence-electron chi connectivity index (χ2n) is 3.45. The molecule has 1 aromatic heterocycles. The molecule has 0 unspecified atom stereocenters. The van der Waals surface area contributed by atoms with Crippen LogP contribution in [0.2, 0.25) is 0 Å². The van der Waals surface area contributed by atoms with E-state index in [1.54, 1.807) is 12.3 Å². The molecule has 17 heavy (non-hydrogen) atoms. The Balaban J connectivity index is 2.26. The van der Waals surface area contributed by atoms with Gasteiger partial charge in [-0.2, -0.15) is 0 Å². The monoisotopic (exact) mass is 245 g/mol. The van der Waals surface area contributed by atoms with E-state index in [1.807, 2.05) is 24.3 Å². The fourth-order valence-corrected chi connectivity index (χ4v) is 2.47. The summed E-state index contributed by atoms with van der Waals surface area (Å²) in [6, 6.07) is 7.43. The quantitative estimate of drug-likeness (QED) is 0.839. The lowest BCUT2D eigenvalue weighted by Crippen LogP contribution is -1.94. The van der Waals surface area contributed by atoms with Crippen molar-refractivity contribution in [2.75, 3.05) is 0 Å². The van der Waals surface area contributed by atoms with Crippen LogP contribution in [0.15, 0.2) is 30.5 Å². The van der Waals surface area contributed by atoms with Gasteiger partial charge in [0.2, 0.25) is 5.01 Å². The summed E-state index contributed by atoms with van der Waals surface area (Å²) in [6.45, 7) is 0. The SMILES string of the molecule is O=C(O)c1nc2c(s1)C=COc1ccccc1-2. The fourth-order valence-electron chi connectivity index (χ4n) is 1.66. The van der Waals surface area contributed by atoms with E-state index in [1.165, 1.54) is 0 Å². The molecule has 84 valence electrons. The smallest absolute Gasteiger partial charge is 0.365 e. The second-order valence-corrected chi connectivity index (χ2v) is 4.48. The largest absolute Gasteiger partial charge is 0.476 e. The first-order valence-corrected chi connectivity index (χ1v) is 5.74. The zero-order valence-corrected chi connectivity index (χ0v) is 9.40. The zero-order valence-electron chi connectivity index (χ0n) is 8.58. The van der Waals surface area contributed by atoms with Crippen molar-refractivity contribution in [2.24, 2.45) is 0 Å². The van der Waals surface area contributed by atoms with E-state index >= 15 is 0 Å². The predicted octanol–water partition coefficient (Wildman–Crippen LogP) is 2.87. The number of aromatic nitrogens is 1. The van der Waals surface area contributed by atoms with Gasteiger partial charge in [0, 0.05) is 5.56 Å². The van der Waals surface area contributed by atoms with Gasteiger partial charge in [0.1, 0.15) is 5.75 Å². The molecule has 0 saturated carbocycles. The van der Waals surface area contributed by atoms with Gasteiger partial charge >= 0.3 is 5.97 Å². The lowest BCUT2D eigenvalue weighted by Gasteiger charge is -2.03. The van der Waals surface area contributed by atoms with Crippen LogP contribution in [0.4, 0.5) is 0 Å². The molecule has 0 bridgehead atoms. The first-order valence-electron chi connectivity index (χ1n) is 4.92. The minimum absolute atomic E-state index is 0.0938. The van der Waals surface area contributed by atoms with E-state index in [0.717, 1.165) is 21.8 Å². The Morgan fingerprint density at radius 1 is 1.35 bits per heavy atom. The normalized spacial score (nSPS) is 12.2. The molecule has 1 N–H and O–H groups in total. The number of carboxylic acids is 1. The van der Waals surface area contributed by atoms with E-state index < -0.39 is 5.97 Å². The van der Waals surface area contributed by atoms with Crippen molar-refractivity contribution in [3.8, 4) is 17.0 Å². The fraction of sp³-hybridized carbons (Fsp3) is 0. The van der Waals surface area contributed by atoms with Crippen molar-refractivity contribution in [3.05, 3.63) is 40.4 Å². The zero-order chi connectivity index (χ0) is 11.8.